The number of nitrogens with one attached hydrogen (secondary N) is 4. The Bertz CT molecular complexity index is 2860. The molecule has 0 saturated carbocycles. The molecule has 16 heteroatoms. The van der Waals surface area contributed by atoms with Gasteiger partial charge in [-0.15, -0.1) is 0 Å². The maximum absolute atomic E-state index is 16.4. The van der Waals surface area contributed by atoms with Crippen molar-refractivity contribution in [2.75, 3.05) is 37.4 Å². The molecule has 3 fully saturated rings. The van der Waals surface area contributed by atoms with E-state index in [0.717, 1.165) is 16.8 Å². The first kappa shape index (κ1) is 48.1. The molecule has 13 nitrogen and oxygen atoms in total. The van der Waals surface area contributed by atoms with Crippen LogP contribution >= 0.6 is 23.2 Å². The number of nitrogens with zero attached hydrogens (tertiary/aromatic N) is 2. The number of rotatable bonds is 8. The third-order valence-corrected chi connectivity index (χ3v) is 14.5. The van der Waals surface area contributed by atoms with Crippen LogP contribution in [0.3, 0.4) is 0 Å². The van der Waals surface area contributed by atoms with E-state index in [4.69, 9.17) is 32.7 Å². The zero-order valence-corrected chi connectivity index (χ0v) is 40.9. The molecule has 0 bridgehead atoms. The normalized spacial score (nSPS) is 24.8. The van der Waals surface area contributed by atoms with E-state index in [1.54, 1.807) is 47.4 Å². The lowest BCUT2D eigenvalue weighted by Crippen LogP contribution is -2.54. The molecule has 360 valence electrons. The average Bonchev–Trinajstić information content (AvgIpc) is 3.94. The number of piperidine rings is 1. The van der Waals surface area contributed by atoms with Crippen molar-refractivity contribution < 1.29 is 37.8 Å². The maximum Gasteiger partial charge on any atom is 0.255 e. The van der Waals surface area contributed by atoms with Crippen LogP contribution in [0, 0.1) is 23.1 Å². The van der Waals surface area contributed by atoms with E-state index in [2.05, 4.69) is 53.9 Å². The van der Waals surface area contributed by atoms with E-state index in [1.165, 1.54) is 18.1 Å². The fourth-order valence-corrected chi connectivity index (χ4v) is 11.5. The quantitative estimate of drug-likeness (QED) is 0.102. The van der Waals surface area contributed by atoms with E-state index in [1.807, 2.05) is 38.1 Å². The number of halogens is 3. The molecule has 5 aliphatic heterocycles. The molecule has 1 unspecified atom stereocenters. The number of morpholine rings is 1. The van der Waals surface area contributed by atoms with E-state index in [9.17, 15) is 24.0 Å². The predicted molar refractivity (Wildman–Crippen MR) is 261 cm³/mol. The first-order chi connectivity index (χ1) is 32.8. The Morgan fingerprint density at radius 2 is 1.81 bits per heavy atom. The highest BCUT2D eigenvalue weighted by Crippen LogP contribution is 2.57. The van der Waals surface area contributed by atoms with Crippen molar-refractivity contribution >= 4 is 64.1 Å². The molecule has 0 aliphatic carbocycles. The SMILES string of the molecule is COc1cc(C(=O)N2C[C@H](CC#Cc3cccc4c3CN(C3CCC(=O)NC3=O)C4=O)OC(C)(C)C2)ccc1NC(=O)[C@@H]1N[C@@H](CC(C)(C)C)[C@@]2(CNc3cc(Cl)ccc32)[C@H]1c1cccc(Cl)c1F. The van der Waals surface area contributed by atoms with Gasteiger partial charge in [0, 0.05) is 83.8 Å². The molecule has 4 N–H and O–H groups in total. The highest BCUT2D eigenvalue weighted by molar-refractivity contribution is 6.31. The minimum absolute atomic E-state index is 0.0383. The second-order valence-electron chi connectivity index (χ2n) is 20.5. The maximum atomic E-state index is 16.4. The van der Waals surface area contributed by atoms with Crippen LogP contribution in [-0.2, 0) is 31.1 Å². The molecule has 1 spiro atoms. The summed E-state index contributed by atoms with van der Waals surface area (Å²) in [6.45, 7) is 11.4. The molecule has 0 aromatic heterocycles. The number of hydrogen-bond donors (Lipinski definition) is 4. The monoisotopic (exact) mass is 976 g/mol. The highest BCUT2D eigenvalue weighted by atomic mass is 35.5. The third-order valence-electron chi connectivity index (χ3n) is 14.0. The first-order valence-electron chi connectivity index (χ1n) is 23.2. The van der Waals surface area contributed by atoms with Crippen molar-refractivity contribution in [3.8, 4) is 17.6 Å². The van der Waals surface area contributed by atoms with Gasteiger partial charge < -0.3 is 35.2 Å². The van der Waals surface area contributed by atoms with Crippen molar-refractivity contribution in [1.82, 2.24) is 20.4 Å². The minimum Gasteiger partial charge on any atom is -0.495 e. The van der Waals surface area contributed by atoms with Gasteiger partial charge in [0.05, 0.1) is 35.6 Å². The molecular weight excluding hydrogens is 923 g/mol. The predicted octanol–water partition coefficient (Wildman–Crippen LogP) is 7.83. The van der Waals surface area contributed by atoms with Gasteiger partial charge >= 0.3 is 0 Å². The molecule has 4 aromatic rings. The standard InChI is InChI=1S/C53H55Cl2FN6O7/c1-51(2,3)24-42-53(27-57-39-23-31(54)17-18-36(39)53)44(34-14-9-15-37(55)45(34)56)46(59-42)48(65)58-38-19-16-30(22-41(38)68-6)49(66)61-25-32(69-52(4,5)28-61)12-7-10-29-11-8-13-33-35(29)26-62(50(33)67)40-20-21-43(63)60-47(40)64/h8-9,11,13-19,22-23,32,40,42,44,46,57,59H,12,20-21,24-28H2,1-6H3,(H,58,65)(H,60,63,64)/t32-,40?,42-,44-,46+,53-/m0/s1. The summed E-state index contributed by atoms with van der Waals surface area (Å²) in [5.41, 5.74) is 2.95. The van der Waals surface area contributed by atoms with Crippen molar-refractivity contribution in [2.24, 2.45) is 5.41 Å². The number of ether oxygens (including phenoxy) is 2. The van der Waals surface area contributed by atoms with E-state index in [0.29, 0.717) is 58.9 Å². The summed E-state index contributed by atoms with van der Waals surface area (Å²) in [6.07, 6.45) is 0.940. The zero-order chi connectivity index (χ0) is 49.2. The van der Waals surface area contributed by atoms with Crippen LogP contribution in [0.5, 0.6) is 5.75 Å². The number of carbonyl (C=O) groups excluding carboxylic acids is 5. The average molecular weight is 978 g/mol. The number of carbonyl (C=O) groups is 5. The second-order valence-corrected chi connectivity index (χ2v) is 21.3. The van der Waals surface area contributed by atoms with Crippen LogP contribution in [0.2, 0.25) is 10.0 Å². The number of amides is 5. The number of methoxy groups -OCH3 is 1. The fourth-order valence-electron chi connectivity index (χ4n) is 11.1. The number of fused-ring (bicyclic) bond motifs is 3. The van der Waals surface area contributed by atoms with Gasteiger partial charge in [0.2, 0.25) is 17.7 Å². The molecule has 5 amide bonds. The number of hydrogen-bond acceptors (Lipinski definition) is 9. The number of anilines is 2. The van der Waals surface area contributed by atoms with Gasteiger partial charge in [-0.05, 0) is 97.3 Å². The lowest BCUT2D eigenvalue weighted by atomic mass is 9.63. The van der Waals surface area contributed by atoms with Crippen LogP contribution in [0.1, 0.15) is 109 Å². The summed E-state index contributed by atoms with van der Waals surface area (Å²) in [5.74, 6) is 3.63. The number of imide groups is 1. The van der Waals surface area contributed by atoms with Crippen LogP contribution in [-0.4, -0.2) is 95.9 Å². The van der Waals surface area contributed by atoms with Crippen molar-refractivity contribution in [3.05, 3.63) is 122 Å². The van der Waals surface area contributed by atoms with Crippen molar-refractivity contribution in [3.63, 3.8) is 0 Å². The van der Waals surface area contributed by atoms with E-state index >= 15 is 4.39 Å². The summed E-state index contributed by atoms with van der Waals surface area (Å²) >= 11 is 12.9. The Hall–Kier alpha value is -5.98. The lowest BCUT2D eigenvalue weighted by molar-refractivity contribution is -0.137. The van der Waals surface area contributed by atoms with Gasteiger partial charge in [0.15, 0.2) is 0 Å². The second kappa shape index (κ2) is 18.4. The van der Waals surface area contributed by atoms with Crippen LogP contribution in [0.25, 0.3) is 0 Å². The Balaban J connectivity index is 0.934. The topological polar surface area (TPSA) is 158 Å². The third kappa shape index (κ3) is 9.18. The molecular formula is C53H55Cl2FN6O7. The summed E-state index contributed by atoms with van der Waals surface area (Å²) in [6, 6.07) is 18.8. The Morgan fingerprint density at radius 3 is 2.57 bits per heavy atom. The molecule has 5 aliphatic rings. The van der Waals surface area contributed by atoms with Crippen molar-refractivity contribution in [1.29, 1.82) is 0 Å². The molecule has 69 heavy (non-hydrogen) atoms. The van der Waals surface area contributed by atoms with Gasteiger partial charge in [-0.2, -0.15) is 0 Å². The van der Waals surface area contributed by atoms with E-state index < -0.39 is 52.8 Å². The summed E-state index contributed by atoms with van der Waals surface area (Å²) < 4.78 is 28.6. The largest absolute Gasteiger partial charge is 0.495 e. The highest BCUT2D eigenvalue weighted by Gasteiger charge is 2.61. The molecule has 6 atom stereocenters. The molecule has 3 saturated heterocycles. The van der Waals surface area contributed by atoms with Crippen LogP contribution < -0.4 is 26.0 Å². The molecule has 4 aromatic carbocycles. The Kier molecular flexibility index (Phi) is 12.8. The summed E-state index contributed by atoms with van der Waals surface area (Å²) in [7, 11) is 1.47. The molecule has 9 rings (SSSR count). The smallest absolute Gasteiger partial charge is 0.255 e. The van der Waals surface area contributed by atoms with Gasteiger partial charge in [0.25, 0.3) is 11.8 Å². The lowest BCUT2D eigenvalue weighted by Gasteiger charge is -2.42. The van der Waals surface area contributed by atoms with Gasteiger partial charge in [-0.1, -0.05) is 80.1 Å². The van der Waals surface area contributed by atoms with E-state index in [-0.39, 0.29) is 65.9 Å². The van der Waals surface area contributed by atoms with Gasteiger partial charge in [-0.25, -0.2) is 4.39 Å². The Labute approximate surface area is 411 Å². The van der Waals surface area contributed by atoms with Gasteiger partial charge in [-0.3, -0.25) is 29.3 Å². The van der Waals surface area contributed by atoms with Crippen LogP contribution in [0.15, 0.2) is 72.8 Å². The summed E-state index contributed by atoms with van der Waals surface area (Å²) in [5, 5.41) is 13.1. The van der Waals surface area contributed by atoms with Crippen molar-refractivity contribution in [2.45, 2.75) is 108 Å². The zero-order valence-electron chi connectivity index (χ0n) is 39.4. The summed E-state index contributed by atoms with van der Waals surface area (Å²) in [4.78, 5) is 70.1. The molecule has 0 radical (unpaired) electrons. The van der Waals surface area contributed by atoms with Crippen LogP contribution in [0.4, 0.5) is 15.8 Å². The Morgan fingerprint density at radius 1 is 1.03 bits per heavy atom. The fraction of sp³-hybridized carbons (Fsp3) is 0.415. The first-order valence-corrected chi connectivity index (χ1v) is 24.0. The molecule has 5 heterocycles. The minimum atomic E-state index is -0.923. The van der Waals surface area contributed by atoms with Gasteiger partial charge in [0.1, 0.15) is 17.6 Å². The number of benzene rings is 4.